The Bertz CT molecular complexity index is 1060. The second-order valence-corrected chi connectivity index (χ2v) is 8.46. The summed E-state index contributed by atoms with van der Waals surface area (Å²) in [5.41, 5.74) is 4.54. The number of benzene rings is 2. The topological polar surface area (TPSA) is 55.8 Å². The SMILES string of the molecule is CCOC(=O)C1=C(c2ccccc2)N(C[Se])C(C)=C(C(=O)OC)C1c1ccccc1SC. The van der Waals surface area contributed by atoms with E-state index in [1.165, 1.54) is 7.11 Å². The summed E-state index contributed by atoms with van der Waals surface area (Å²) in [6.45, 7) is 3.90. The zero-order valence-electron chi connectivity index (χ0n) is 18.6. The molecule has 0 amide bonds. The van der Waals surface area contributed by atoms with Crippen molar-refractivity contribution in [3.05, 3.63) is 82.6 Å². The van der Waals surface area contributed by atoms with Gasteiger partial charge in [-0.15, -0.1) is 0 Å². The Kier molecular flexibility index (Phi) is 8.24. The van der Waals surface area contributed by atoms with Crippen LogP contribution in [0.15, 0.2) is 76.3 Å². The number of esters is 2. The number of allylic oxidation sites excluding steroid dienone is 1. The van der Waals surface area contributed by atoms with Crippen LogP contribution in [-0.2, 0) is 19.1 Å². The van der Waals surface area contributed by atoms with Gasteiger partial charge in [0.1, 0.15) is 0 Å². The molecule has 2 aromatic rings. The third-order valence-corrected chi connectivity index (χ3v) is 6.78. The number of thioether (sulfide) groups is 1. The van der Waals surface area contributed by atoms with Gasteiger partial charge in [-0.2, -0.15) is 0 Å². The molecule has 0 bridgehead atoms. The van der Waals surface area contributed by atoms with Crippen LogP contribution in [0.5, 0.6) is 0 Å². The molecule has 1 aliphatic heterocycles. The van der Waals surface area contributed by atoms with Crippen molar-refractivity contribution < 1.29 is 19.1 Å². The molecule has 32 heavy (non-hydrogen) atoms. The van der Waals surface area contributed by atoms with E-state index < -0.39 is 17.9 Å². The van der Waals surface area contributed by atoms with Crippen LogP contribution >= 0.6 is 11.8 Å². The molecule has 0 saturated heterocycles. The van der Waals surface area contributed by atoms with Crippen molar-refractivity contribution in [1.82, 2.24) is 4.90 Å². The number of nitrogens with zero attached hydrogens (tertiary/aromatic N) is 1. The normalized spacial score (nSPS) is 16.3. The molecule has 1 unspecified atom stereocenters. The number of ether oxygens (including phenoxy) is 2. The Morgan fingerprint density at radius 3 is 2.28 bits per heavy atom. The van der Waals surface area contributed by atoms with Crippen LogP contribution in [0.1, 0.15) is 30.9 Å². The summed E-state index contributed by atoms with van der Waals surface area (Å²) in [5.74, 6) is -1.53. The molecule has 0 N–H and O–H groups in total. The minimum absolute atomic E-state index is 0.232. The maximum absolute atomic E-state index is 13.5. The number of carbonyl (C=O) groups excluding carboxylic acids is 2. The van der Waals surface area contributed by atoms with Crippen LogP contribution < -0.4 is 0 Å². The van der Waals surface area contributed by atoms with Crippen LogP contribution in [0, 0.1) is 0 Å². The van der Waals surface area contributed by atoms with Gasteiger partial charge in [-0.1, -0.05) is 0 Å². The standard InChI is InChI=1S/C25H26NO4SSe/c1-5-30-25(28)22-21(18-13-9-10-14-19(18)31-4)20(24(27)29-3)16(2)26(15-32)23(22)17-11-7-6-8-12-17/h6-14,21H,5,15H2,1-4H3. The van der Waals surface area contributed by atoms with Crippen molar-refractivity contribution in [2.75, 3.05) is 25.4 Å². The molecule has 7 heteroatoms. The minimum atomic E-state index is -0.622. The Balaban J connectivity index is 2.45. The van der Waals surface area contributed by atoms with Gasteiger partial charge in [-0.25, -0.2) is 0 Å². The van der Waals surface area contributed by atoms with Gasteiger partial charge in [0.25, 0.3) is 0 Å². The zero-order valence-corrected chi connectivity index (χ0v) is 21.1. The molecular weight excluding hydrogens is 489 g/mol. The van der Waals surface area contributed by atoms with Crippen LogP contribution in [-0.4, -0.2) is 58.3 Å². The molecule has 3 rings (SSSR count). The van der Waals surface area contributed by atoms with Gasteiger partial charge in [0.2, 0.25) is 0 Å². The first-order chi connectivity index (χ1) is 15.5. The van der Waals surface area contributed by atoms with E-state index in [9.17, 15) is 9.59 Å². The van der Waals surface area contributed by atoms with Gasteiger partial charge in [0, 0.05) is 0 Å². The van der Waals surface area contributed by atoms with Crippen LogP contribution in [0.2, 0.25) is 0 Å². The summed E-state index contributed by atoms with van der Waals surface area (Å²) < 4.78 is 10.7. The second-order valence-electron chi connectivity index (χ2n) is 7.07. The van der Waals surface area contributed by atoms with Gasteiger partial charge in [-0.3, -0.25) is 0 Å². The number of carbonyl (C=O) groups is 2. The summed E-state index contributed by atoms with van der Waals surface area (Å²) in [5, 5.41) is 0. The Hall–Kier alpha value is -2.47. The fraction of sp³-hybridized carbons (Fsp3) is 0.280. The number of rotatable bonds is 7. The molecule has 1 radical (unpaired) electrons. The first kappa shape index (κ1) is 24.2. The summed E-state index contributed by atoms with van der Waals surface area (Å²) >= 11 is 4.61. The monoisotopic (exact) mass is 516 g/mol. The molecule has 0 spiro atoms. The Labute approximate surface area is 201 Å². The summed E-state index contributed by atoms with van der Waals surface area (Å²) in [6.07, 6.45) is 1.98. The first-order valence-electron chi connectivity index (χ1n) is 10.2. The molecule has 1 aliphatic rings. The molecule has 0 saturated carbocycles. The van der Waals surface area contributed by atoms with E-state index in [2.05, 4.69) is 16.0 Å². The molecule has 167 valence electrons. The molecule has 0 fully saturated rings. The molecule has 2 aromatic carbocycles. The van der Waals surface area contributed by atoms with Crippen molar-refractivity contribution in [3.8, 4) is 0 Å². The summed E-state index contributed by atoms with van der Waals surface area (Å²) in [7, 11) is 1.36. The van der Waals surface area contributed by atoms with Gasteiger partial charge >= 0.3 is 202 Å². The third kappa shape index (κ3) is 4.51. The Morgan fingerprint density at radius 2 is 1.69 bits per heavy atom. The van der Waals surface area contributed by atoms with E-state index in [1.54, 1.807) is 18.7 Å². The predicted molar refractivity (Wildman–Crippen MR) is 128 cm³/mol. The number of methoxy groups -OCH3 is 1. The van der Waals surface area contributed by atoms with Gasteiger partial charge in [-0.05, 0) is 0 Å². The van der Waals surface area contributed by atoms with Gasteiger partial charge in [0.15, 0.2) is 0 Å². The van der Waals surface area contributed by atoms with Crippen molar-refractivity contribution in [1.29, 1.82) is 0 Å². The quantitative estimate of drug-likeness (QED) is 0.311. The third-order valence-electron chi connectivity index (χ3n) is 5.42. The summed E-state index contributed by atoms with van der Waals surface area (Å²) in [6, 6.07) is 17.6. The average Bonchev–Trinajstić information content (AvgIpc) is 2.83. The van der Waals surface area contributed by atoms with Crippen molar-refractivity contribution >= 4 is 45.4 Å². The van der Waals surface area contributed by atoms with E-state index in [1.807, 2.05) is 72.7 Å². The van der Waals surface area contributed by atoms with Crippen LogP contribution in [0.4, 0.5) is 0 Å². The molecule has 0 aromatic heterocycles. The van der Waals surface area contributed by atoms with Crippen molar-refractivity contribution in [2.24, 2.45) is 0 Å². The fourth-order valence-corrected chi connectivity index (χ4v) is 5.35. The predicted octanol–water partition coefficient (Wildman–Crippen LogP) is 4.36. The van der Waals surface area contributed by atoms with E-state index in [0.717, 1.165) is 27.4 Å². The van der Waals surface area contributed by atoms with Crippen molar-refractivity contribution in [3.63, 3.8) is 0 Å². The van der Waals surface area contributed by atoms with Gasteiger partial charge < -0.3 is 0 Å². The zero-order chi connectivity index (χ0) is 23.3. The fourth-order valence-electron chi connectivity index (χ4n) is 4.03. The van der Waals surface area contributed by atoms with E-state index in [4.69, 9.17) is 9.47 Å². The van der Waals surface area contributed by atoms with E-state index >= 15 is 0 Å². The molecule has 5 nitrogen and oxygen atoms in total. The number of hydrogen-bond acceptors (Lipinski definition) is 6. The average molecular weight is 516 g/mol. The summed E-state index contributed by atoms with van der Waals surface area (Å²) in [4.78, 5) is 29.5. The molecule has 0 aliphatic carbocycles. The Morgan fingerprint density at radius 1 is 1.03 bits per heavy atom. The molecular formula is C25H26NO4SSe. The van der Waals surface area contributed by atoms with E-state index in [-0.39, 0.29) is 6.61 Å². The first-order valence-corrected chi connectivity index (χ1v) is 12.7. The van der Waals surface area contributed by atoms with Gasteiger partial charge in [0.05, 0.1) is 0 Å². The van der Waals surface area contributed by atoms with Crippen LogP contribution in [0.3, 0.4) is 0 Å². The second kappa shape index (κ2) is 10.9. The molecule has 1 heterocycles. The van der Waals surface area contributed by atoms with E-state index in [0.29, 0.717) is 16.6 Å². The maximum atomic E-state index is 13.5. The van der Waals surface area contributed by atoms with Crippen LogP contribution in [0.25, 0.3) is 5.70 Å². The van der Waals surface area contributed by atoms with Crippen molar-refractivity contribution in [2.45, 2.75) is 24.7 Å². The molecule has 1 atom stereocenters. The number of hydrogen-bond donors (Lipinski definition) is 0.